The molecule has 1 heterocycles. The van der Waals surface area contributed by atoms with Crippen molar-refractivity contribution in [2.24, 2.45) is 0 Å². The fraction of sp³-hybridized carbons (Fsp3) is 0.200. The second-order valence-electron chi connectivity index (χ2n) is 7.72. The number of rotatable bonds is 8. The number of nitrogens with zero attached hydrogens (tertiary/aromatic N) is 2. The van der Waals surface area contributed by atoms with E-state index in [1.807, 2.05) is 6.92 Å². The van der Waals surface area contributed by atoms with Crippen LogP contribution in [-0.2, 0) is 14.8 Å². The van der Waals surface area contributed by atoms with Crippen LogP contribution in [0.2, 0.25) is 0 Å². The van der Waals surface area contributed by atoms with E-state index in [0.29, 0.717) is 27.8 Å². The third kappa shape index (κ3) is 4.40. The molecule has 4 aromatic rings. The zero-order valence-corrected chi connectivity index (χ0v) is 20.0. The lowest BCUT2D eigenvalue weighted by Crippen LogP contribution is -2.15. The van der Waals surface area contributed by atoms with Gasteiger partial charge in [-0.3, -0.25) is 4.79 Å². The summed E-state index contributed by atoms with van der Waals surface area (Å²) in [6, 6.07) is 18.3. The monoisotopic (exact) mass is 480 g/mol. The largest absolute Gasteiger partial charge is 0.497 e. The summed E-state index contributed by atoms with van der Waals surface area (Å²) in [7, 11) is -1.04. The molecule has 0 spiro atoms. The van der Waals surface area contributed by atoms with Crippen molar-refractivity contribution in [3.05, 3.63) is 83.4 Å². The first-order chi connectivity index (χ1) is 16.2. The number of carbonyl (C=O) groups excluding carboxylic acids is 1. The molecule has 176 valence electrons. The lowest BCUT2D eigenvalue weighted by Gasteiger charge is -2.17. The van der Waals surface area contributed by atoms with Gasteiger partial charge in [-0.05, 0) is 50.2 Å². The van der Waals surface area contributed by atoms with E-state index in [1.54, 1.807) is 54.6 Å². The molecule has 3 aromatic carbocycles. The van der Waals surface area contributed by atoms with E-state index in [0.717, 1.165) is 9.65 Å². The maximum Gasteiger partial charge on any atom is 0.283 e. The van der Waals surface area contributed by atoms with Gasteiger partial charge >= 0.3 is 0 Å². The third-order valence-corrected chi connectivity index (χ3v) is 6.97. The third-order valence-electron chi connectivity index (χ3n) is 5.37. The smallest absolute Gasteiger partial charge is 0.283 e. The summed E-state index contributed by atoms with van der Waals surface area (Å²) >= 11 is 0. The quantitative estimate of drug-likeness (QED) is 0.270. The number of ether oxygens (including phenoxy) is 3. The maximum absolute atomic E-state index is 13.4. The summed E-state index contributed by atoms with van der Waals surface area (Å²) in [5.41, 5.74) is 2.35. The van der Waals surface area contributed by atoms with Gasteiger partial charge in [0.25, 0.3) is 10.0 Å². The molecule has 0 fully saturated rings. The number of methoxy groups -OCH3 is 2. The van der Waals surface area contributed by atoms with Crippen molar-refractivity contribution >= 4 is 26.7 Å². The molecule has 34 heavy (non-hydrogen) atoms. The molecule has 0 aliphatic rings. The summed E-state index contributed by atoms with van der Waals surface area (Å²) in [6.07, 6.45) is -0.931. The summed E-state index contributed by atoms with van der Waals surface area (Å²) in [5, 5.41) is 4.74. The minimum Gasteiger partial charge on any atom is -0.497 e. The number of Topliss-reactive ketones (excluding diaryl/α,β-unsaturated/α-hetero) is 1. The van der Waals surface area contributed by atoms with Gasteiger partial charge in [-0.2, -0.15) is 8.42 Å². The Hall–Kier alpha value is -3.69. The Balaban J connectivity index is 1.83. The standard InChI is InChI=1S/C25H24N2O6S/c1-16-8-11-21(12-9-16)34(29,30)27-23-13-10-20(31-3)15-22(23)24(26-27)33-25(32-4)19-7-5-6-18(14-19)17(2)28/h5-15,25H,1-4H3. The van der Waals surface area contributed by atoms with Crippen LogP contribution in [0.15, 0.2) is 71.6 Å². The molecule has 0 N–H and O–H groups in total. The van der Waals surface area contributed by atoms with Gasteiger partial charge in [0.15, 0.2) is 5.78 Å². The van der Waals surface area contributed by atoms with Crippen molar-refractivity contribution in [3.63, 3.8) is 0 Å². The molecule has 0 radical (unpaired) electrons. The Kier molecular flexibility index (Phi) is 6.41. The minimum atomic E-state index is -4.01. The number of hydrogen-bond donors (Lipinski definition) is 0. The van der Waals surface area contributed by atoms with Crippen molar-refractivity contribution in [2.45, 2.75) is 25.0 Å². The molecular weight excluding hydrogens is 456 g/mol. The molecule has 0 aliphatic heterocycles. The molecule has 1 atom stereocenters. The zero-order chi connectivity index (χ0) is 24.5. The summed E-state index contributed by atoms with van der Waals surface area (Å²) in [5.74, 6) is 0.460. The van der Waals surface area contributed by atoms with E-state index in [2.05, 4.69) is 5.10 Å². The predicted molar refractivity (Wildman–Crippen MR) is 127 cm³/mol. The number of hydrogen-bond acceptors (Lipinski definition) is 7. The minimum absolute atomic E-state index is 0.0460. The second kappa shape index (κ2) is 9.28. The fourth-order valence-corrected chi connectivity index (χ4v) is 4.79. The van der Waals surface area contributed by atoms with Crippen LogP contribution in [0.25, 0.3) is 10.9 Å². The molecule has 0 saturated heterocycles. The molecule has 9 heteroatoms. The van der Waals surface area contributed by atoms with Crippen molar-refractivity contribution in [1.29, 1.82) is 0 Å². The molecule has 0 aliphatic carbocycles. The van der Waals surface area contributed by atoms with E-state index >= 15 is 0 Å². The van der Waals surface area contributed by atoms with Crippen LogP contribution in [0.1, 0.15) is 34.7 Å². The van der Waals surface area contributed by atoms with Crippen LogP contribution in [0, 0.1) is 6.92 Å². The maximum atomic E-state index is 13.4. The molecule has 0 saturated carbocycles. The average Bonchev–Trinajstić information content (AvgIpc) is 3.21. The van der Waals surface area contributed by atoms with Crippen LogP contribution in [0.4, 0.5) is 0 Å². The van der Waals surface area contributed by atoms with Crippen LogP contribution in [-0.4, -0.2) is 37.6 Å². The van der Waals surface area contributed by atoms with Gasteiger partial charge in [-0.15, -0.1) is 9.19 Å². The topological polar surface area (TPSA) is 96.7 Å². The Morgan fingerprint density at radius 1 is 1.00 bits per heavy atom. The molecule has 8 nitrogen and oxygen atoms in total. The van der Waals surface area contributed by atoms with E-state index < -0.39 is 16.3 Å². The first-order valence-electron chi connectivity index (χ1n) is 10.4. The van der Waals surface area contributed by atoms with Gasteiger partial charge in [-0.25, -0.2) is 0 Å². The van der Waals surface area contributed by atoms with Crippen LogP contribution in [0.5, 0.6) is 11.6 Å². The second-order valence-corrected chi connectivity index (χ2v) is 9.48. The molecule has 0 bridgehead atoms. The number of fused-ring (bicyclic) bond motifs is 1. The van der Waals surface area contributed by atoms with Crippen LogP contribution >= 0.6 is 0 Å². The molecule has 0 amide bonds. The molecular formula is C25H24N2O6S. The number of aromatic nitrogens is 2. The zero-order valence-electron chi connectivity index (χ0n) is 19.2. The van der Waals surface area contributed by atoms with Gasteiger partial charge in [0.05, 0.1) is 22.9 Å². The predicted octanol–water partition coefficient (Wildman–Crippen LogP) is 4.52. The average molecular weight is 481 g/mol. The highest BCUT2D eigenvalue weighted by Crippen LogP contribution is 2.34. The summed E-state index contributed by atoms with van der Waals surface area (Å²) in [6.45, 7) is 3.35. The lowest BCUT2D eigenvalue weighted by molar-refractivity contribution is -0.0581. The molecule has 1 aromatic heterocycles. The van der Waals surface area contributed by atoms with E-state index in [1.165, 1.54) is 33.3 Å². The number of aryl methyl sites for hydroxylation is 1. The first-order valence-corrected chi connectivity index (χ1v) is 11.9. The SMILES string of the molecule is COc1ccc2c(c1)c(OC(OC)c1cccc(C(C)=O)c1)nn2S(=O)(=O)c1ccc(C)cc1. The first kappa shape index (κ1) is 23.5. The molecule has 1 unspecified atom stereocenters. The highest BCUT2D eigenvalue weighted by atomic mass is 32.2. The van der Waals surface area contributed by atoms with Gasteiger partial charge < -0.3 is 14.2 Å². The van der Waals surface area contributed by atoms with E-state index in [9.17, 15) is 13.2 Å². The summed E-state index contributed by atoms with van der Waals surface area (Å²) in [4.78, 5) is 11.9. The normalized spacial score (nSPS) is 12.5. The highest BCUT2D eigenvalue weighted by Gasteiger charge is 2.26. The van der Waals surface area contributed by atoms with Crippen LogP contribution < -0.4 is 9.47 Å². The van der Waals surface area contributed by atoms with Crippen molar-refractivity contribution < 1.29 is 27.4 Å². The van der Waals surface area contributed by atoms with Crippen molar-refractivity contribution in [1.82, 2.24) is 9.19 Å². The van der Waals surface area contributed by atoms with Crippen molar-refractivity contribution in [3.8, 4) is 11.6 Å². The van der Waals surface area contributed by atoms with Gasteiger partial charge in [0, 0.05) is 18.2 Å². The fourth-order valence-electron chi connectivity index (χ4n) is 3.51. The van der Waals surface area contributed by atoms with Gasteiger partial charge in [0.1, 0.15) is 5.75 Å². The van der Waals surface area contributed by atoms with Crippen LogP contribution in [0.3, 0.4) is 0 Å². The van der Waals surface area contributed by atoms with E-state index in [-0.39, 0.29) is 16.6 Å². The number of ketones is 1. The Bertz CT molecular complexity index is 1460. The highest BCUT2D eigenvalue weighted by molar-refractivity contribution is 7.90. The number of benzene rings is 3. The Morgan fingerprint density at radius 2 is 1.74 bits per heavy atom. The Labute approximate surface area is 197 Å². The molecule has 4 rings (SSSR count). The van der Waals surface area contributed by atoms with E-state index in [4.69, 9.17) is 14.2 Å². The van der Waals surface area contributed by atoms with Gasteiger partial charge in [0.2, 0.25) is 12.2 Å². The van der Waals surface area contributed by atoms with Crippen molar-refractivity contribution in [2.75, 3.05) is 14.2 Å². The number of carbonyl (C=O) groups is 1. The summed E-state index contributed by atoms with van der Waals surface area (Å²) < 4.78 is 44.6. The lowest BCUT2D eigenvalue weighted by atomic mass is 10.1. The Morgan fingerprint density at radius 3 is 2.38 bits per heavy atom. The van der Waals surface area contributed by atoms with Gasteiger partial charge in [-0.1, -0.05) is 35.9 Å².